The number of carbonyl (C=O) groups is 2. The largest absolute Gasteiger partial charge is 0.484 e. The van der Waals surface area contributed by atoms with Crippen molar-refractivity contribution in [1.29, 1.82) is 0 Å². The number of hydrogen-bond donors (Lipinski definition) is 1. The number of ether oxygens (including phenoxy) is 1. The Labute approximate surface area is 214 Å². The summed E-state index contributed by atoms with van der Waals surface area (Å²) in [5, 5.41) is 3.24. The zero-order chi connectivity index (χ0) is 25.3. The van der Waals surface area contributed by atoms with Crippen LogP contribution in [0.2, 0.25) is 0 Å². The van der Waals surface area contributed by atoms with Crippen molar-refractivity contribution in [3.05, 3.63) is 101 Å². The summed E-state index contributed by atoms with van der Waals surface area (Å²) >= 11 is 0. The molecule has 3 aromatic carbocycles. The fourth-order valence-corrected chi connectivity index (χ4v) is 4.86. The lowest BCUT2D eigenvalue weighted by molar-refractivity contribution is -0.143. The maximum absolute atomic E-state index is 13.7. The Morgan fingerprint density at radius 3 is 2.25 bits per heavy atom. The van der Waals surface area contributed by atoms with Gasteiger partial charge < -0.3 is 15.0 Å². The van der Waals surface area contributed by atoms with Crippen LogP contribution in [0.25, 0.3) is 0 Å². The lowest BCUT2D eigenvalue weighted by Crippen LogP contribution is -2.53. The summed E-state index contributed by atoms with van der Waals surface area (Å²) in [4.78, 5) is 29.1. The third kappa shape index (κ3) is 7.20. The van der Waals surface area contributed by atoms with Crippen molar-refractivity contribution in [1.82, 2.24) is 10.2 Å². The molecule has 0 spiro atoms. The van der Waals surface area contributed by atoms with E-state index in [9.17, 15) is 9.59 Å². The highest BCUT2D eigenvalue weighted by molar-refractivity contribution is 5.88. The molecular formula is C31H36N2O3. The van der Waals surface area contributed by atoms with Gasteiger partial charge in [-0.15, -0.1) is 0 Å². The van der Waals surface area contributed by atoms with Crippen LogP contribution in [-0.2, 0) is 22.6 Å². The second-order valence-electron chi connectivity index (χ2n) is 9.81. The molecule has 1 aliphatic carbocycles. The quantitative estimate of drug-likeness (QED) is 0.420. The lowest BCUT2D eigenvalue weighted by atomic mass is 10.0. The zero-order valence-corrected chi connectivity index (χ0v) is 21.3. The van der Waals surface area contributed by atoms with Gasteiger partial charge in [-0.25, -0.2) is 0 Å². The van der Waals surface area contributed by atoms with Gasteiger partial charge in [0.25, 0.3) is 5.91 Å². The highest BCUT2D eigenvalue weighted by atomic mass is 16.5. The molecule has 0 heterocycles. The molecule has 0 unspecified atom stereocenters. The van der Waals surface area contributed by atoms with E-state index in [1.165, 1.54) is 0 Å². The van der Waals surface area contributed by atoms with Crippen molar-refractivity contribution in [2.24, 2.45) is 0 Å². The van der Waals surface area contributed by atoms with Gasteiger partial charge in [0.2, 0.25) is 5.91 Å². The number of carbonyl (C=O) groups excluding carboxylic acids is 2. The van der Waals surface area contributed by atoms with Crippen LogP contribution in [0.15, 0.2) is 78.9 Å². The summed E-state index contributed by atoms with van der Waals surface area (Å²) in [5.41, 5.74) is 4.19. The van der Waals surface area contributed by atoms with E-state index in [0.29, 0.717) is 18.7 Å². The first-order valence-corrected chi connectivity index (χ1v) is 12.9. The van der Waals surface area contributed by atoms with E-state index in [1.807, 2.05) is 86.6 Å². The fourth-order valence-electron chi connectivity index (χ4n) is 4.86. The monoisotopic (exact) mass is 484 g/mol. The summed E-state index contributed by atoms with van der Waals surface area (Å²) in [6, 6.07) is 25.2. The molecule has 36 heavy (non-hydrogen) atoms. The highest BCUT2D eigenvalue weighted by Crippen LogP contribution is 2.21. The number of aryl methyl sites for hydroxylation is 2. The van der Waals surface area contributed by atoms with Crippen molar-refractivity contribution in [3.63, 3.8) is 0 Å². The predicted molar refractivity (Wildman–Crippen MR) is 143 cm³/mol. The smallest absolute Gasteiger partial charge is 0.261 e. The second kappa shape index (κ2) is 12.4. The molecule has 1 aliphatic rings. The Bertz CT molecular complexity index is 1160. The Balaban J connectivity index is 1.61. The van der Waals surface area contributed by atoms with Gasteiger partial charge in [-0.05, 0) is 55.5 Å². The van der Waals surface area contributed by atoms with Crippen LogP contribution in [0, 0.1) is 13.8 Å². The van der Waals surface area contributed by atoms with Crippen LogP contribution in [-0.4, -0.2) is 35.4 Å². The zero-order valence-electron chi connectivity index (χ0n) is 21.3. The van der Waals surface area contributed by atoms with Crippen molar-refractivity contribution in [3.8, 4) is 5.75 Å². The molecule has 5 heteroatoms. The van der Waals surface area contributed by atoms with E-state index < -0.39 is 6.04 Å². The molecule has 1 fully saturated rings. The molecule has 0 radical (unpaired) electrons. The number of rotatable bonds is 10. The normalized spacial score (nSPS) is 14.3. The minimum atomic E-state index is -0.637. The van der Waals surface area contributed by atoms with Gasteiger partial charge in [-0.1, -0.05) is 85.1 Å². The third-order valence-corrected chi connectivity index (χ3v) is 6.76. The molecule has 0 aromatic heterocycles. The Morgan fingerprint density at radius 1 is 0.889 bits per heavy atom. The fraction of sp³-hybridized carbons (Fsp3) is 0.355. The van der Waals surface area contributed by atoms with Crippen LogP contribution in [0.5, 0.6) is 5.75 Å². The molecule has 0 aliphatic heterocycles. The average molecular weight is 485 g/mol. The molecule has 0 bridgehead atoms. The molecule has 0 saturated heterocycles. The van der Waals surface area contributed by atoms with Gasteiger partial charge >= 0.3 is 0 Å². The summed E-state index contributed by atoms with van der Waals surface area (Å²) in [6.07, 6.45) is 4.69. The van der Waals surface area contributed by atoms with Gasteiger partial charge in [0.05, 0.1) is 0 Å². The van der Waals surface area contributed by atoms with Gasteiger partial charge in [-0.2, -0.15) is 0 Å². The molecule has 1 saturated carbocycles. The van der Waals surface area contributed by atoms with E-state index in [2.05, 4.69) is 11.4 Å². The lowest BCUT2D eigenvalue weighted by Gasteiger charge is -2.32. The van der Waals surface area contributed by atoms with E-state index in [1.54, 1.807) is 4.90 Å². The molecule has 4 rings (SSSR count). The number of nitrogens with one attached hydrogen (secondary N) is 1. The Kier molecular flexibility index (Phi) is 8.77. The average Bonchev–Trinajstić information content (AvgIpc) is 3.38. The summed E-state index contributed by atoms with van der Waals surface area (Å²) in [7, 11) is 0. The van der Waals surface area contributed by atoms with Gasteiger partial charge in [0, 0.05) is 19.0 Å². The number of hydrogen-bond acceptors (Lipinski definition) is 3. The Morgan fingerprint density at radius 2 is 1.56 bits per heavy atom. The van der Waals surface area contributed by atoms with Crippen LogP contribution < -0.4 is 10.1 Å². The van der Waals surface area contributed by atoms with E-state index in [0.717, 1.165) is 47.9 Å². The second-order valence-corrected chi connectivity index (χ2v) is 9.81. The Hall–Kier alpha value is -3.60. The van der Waals surface area contributed by atoms with E-state index in [-0.39, 0.29) is 24.5 Å². The standard InChI is InChI=1S/C31H36N2O3/c1-23-10-8-14-26(18-23)21-33(30(34)22-36-28-17-9-11-24(2)19-28)29(20-25-12-4-3-5-13-25)31(35)32-27-15-6-7-16-27/h3-5,8-14,17-19,27,29H,6-7,15-16,20-22H2,1-2H3,(H,32,35)/t29-/m0/s1. The molecule has 3 aromatic rings. The van der Waals surface area contributed by atoms with Crippen LogP contribution >= 0.6 is 0 Å². The van der Waals surface area contributed by atoms with Crippen LogP contribution in [0.1, 0.15) is 47.9 Å². The number of benzene rings is 3. The summed E-state index contributed by atoms with van der Waals surface area (Å²) in [5.74, 6) is 0.344. The molecule has 188 valence electrons. The van der Waals surface area contributed by atoms with Gasteiger partial charge in [-0.3, -0.25) is 9.59 Å². The molecule has 5 nitrogen and oxygen atoms in total. The van der Waals surface area contributed by atoms with Crippen molar-refractivity contribution >= 4 is 11.8 Å². The minimum Gasteiger partial charge on any atom is -0.484 e. The number of nitrogens with zero attached hydrogens (tertiary/aromatic N) is 1. The van der Waals surface area contributed by atoms with Gasteiger partial charge in [0.1, 0.15) is 11.8 Å². The number of amides is 2. The molecule has 2 amide bonds. The van der Waals surface area contributed by atoms with E-state index in [4.69, 9.17) is 4.74 Å². The van der Waals surface area contributed by atoms with Crippen LogP contribution in [0.3, 0.4) is 0 Å². The summed E-state index contributed by atoms with van der Waals surface area (Å²) < 4.78 is 5.88. The van der Waals surface area contributed by atoms with E-state index >= 15 is 0 Å². The SMILES string of the molecule is Cc1cccc(CN(C(=O)COc2cccc(C)c2)[C@@H](Cc2ccccc2)C(=O)NC2CCCC2)c1. The molecular weight excluding hydrogens is 448 g/mol. The van der Waals surface area contributed by atoms with Gasteiger partial charge in [0.15, 0.2) is 6.61 Å². The molecule has 1 N–H and O–H groups in total. The third-order valence-electron chi connectivity index (χ3n) is 6.76. The summed E-state index contributed by atoms with van der Waals surface area (Å²) in [6.45, 7) is 4.23. The maximum Gasteiger partial charge on any atom is 0.261 e. The van der Waals surface area contributed by atoms with Crippen molar-refractivity contribution in [2.45, 2.75) is 64.6 Å². The predicted octanol–water partition coefficient (Wildman–Crippen LogP) is 5.38. The molecule has 1 atom stereocenters. The highest BCUT2D eigenvalue weighted by Gasteiger charge is 2.32. The minimum absolute atomic E-state index is 0.0951. The van der Waals surface area contributed by atoms with Crippen molar-refractivity contribution in [2.75, 3.05) is 6.61 Å². The first kappa shape index (κ1) is 25.5. The topological polar surface area (TPSA) is 58.6 Å². The van der Waals surface area contributed by atoms with Crippen LogP contribution in [0.4, 0.5) is 0 Å². The first-order chi connectivity index (χ1) is 17.5. The maximum atomic E-state index is 13.7. The van der Waals surface area contributed by atoms with Crippen molar-refractivity contribution < 1.29 is 14.3 Å². The first-order valence-electron chi connectivity index (χ1n) is 12.9.